The highest BCUT2D eigenvalue weighted by atomic mass is 32.1. The van der Waals surface area contributed by atoms with E-state index in [-0.39, 0.29) is 0 Å². The zero-order chi connectivity index (χ0) is 9.97. The minimum atomic E-state index is 1.01. The van der Waals surface area contributed by atoms with Gasteiger partial charge in [-0.1, -0.05) is 6.07 Å². The van der Waals surface area contributed by atoms with Crippen LogP contribution in [-0.4, -0.2) is 4.98 Å². The summed E-state index contributed by atoms with van der Waals surface area (Å²) in [6.45, 7) is 4.28. The van der Waals surface area contributed by atoms with E-state index in [1.54, 1.807) is 11.3 Å². The fourth-order valence-corrected chi connectivity index (χ4v) is 2.19. The van der Waals surface area contributed by atoms with Crippen LogP contribution < -0.4 is 0 Å². The highest BCUT2D eigenvalue weighted by molar-refractivity contribution is 7.09. The molecular weight excluding hydrogens is 190 g/mol. The summed E-state index contributed by atoms with van der Waals surface area (Å²) in [6, 6.07) is 4.27. The predicted octanol–water partition coefficient (Wildman–Crippen LogP) is 3.35. The topological polar surface area (TPSA) is 12.9 Å². The van der Waals surface area contributed by atoms with Crippen molar-refractivity contribution < 1.29 is 0 Å². The van der Waals surface area contributed by atoms with Crippen LogP contribution in [0.2, 0.25) is 0 Å². The molecular formula is C12H13NS. The molecule has 2 rings (SSSR count). The first kappa shape index (κ1) is 9.41. The average molecular weight is 203 g/mol. The Hall–Kier alpha value is -1.15. The number of aromatic nitrogens is 1. The molecule has 0 aromatic carbocycles. The number of thiophene rings is 1. The highest BCUT2D eigenvalue weighted by Gasteiger charge is 2.02. The molecule has 0 N–H and O–H groups in total. The number of rotatable bonds is 2. The number of pyridine rings is 1. The van der Waals surface area contributed by atoms with Crippen LogP contribution in [0.5, 0.6) is 0 Å². The van der Waals surface area contributed by atoms with Gasteiger partial charge in [0.05, 0.1) is 0 Å². The van der Waals surface area contributed by atoms with Crippen LogP contribution in [0.1, 0.15) is 21.6 Å². The summed E-state index contributed by atoms with van der Waals surface area (Å²) in [5, 5.41) is 2.12. The second-order valence-electron chi connectivity index (χ2n) is 3.50. The van der Waals surface area contributed by atoms with Gasteiger partial charge in [-0.3, -0.25) is 4.98 Å². The standard InChI is InChI=1S/C12H13NS/c1-9-7-13-8-11(10(9)2)6-12-4-3-5-14-12/h3-5,7-8H,6H2,1-2H3. The van der Waals surface area contributed by atoms with Gasteiger partial charge in [-0.15, -0.1) is 11.3 Å². The summed E-state index contributed by atoms with van der Waals surface area (Å²) in [7, 11) is 0. The molecule has 72 valence electrons. The van der Waals surface area contributed by atoms with Crippen molar-refractivity contribution in [1.29, 1.82) is 0 Å². The molecule has 0 aliphatic rings. The second-order valence-corrected chi connectivity index (χ2v) is 4.53. The van der Waals surface area contributed by atoms with Gasteiger partial charge in [-0.05, 0) is 42.0 Å². The molecule has 0 fully saturated rings. The van der Waals surface area contributed by atoms with Gasteiger partial charge in [0.1, 0.15) is 0 Å². The molecule has 0 radical (unpaired) electrons. The van der Waals surface area contributed by atoms with Gasteiger partial charge in [0.2, 0.25) is 0 Å². The number of nitrogens with zero attached hydrogens (tertiary/aromatic N) is 1. The van der Waals surface area contributed by atoms with E-state index < -0.39 is 0 Å². The molecule has 0 aliphatic heterocycles. The van der Waals surface area contributed by atoms with Crippen molar-refractivity contribution in [3.05, 3.63) is 51.5 Å². The lowest BCUT2D eigenvalue weighted by Gasteiger charge is -2.05. The third-order valence-electron chi connectivity index (χ3n) is 2.52. The summed E-state index contributed by atoms with van der Waals surface area (Å²) < 4.78 is 0. The maximum absolute atomic E-state index is 4.23. The zero-order valence-electron chi connectivity index (χ0n) is 8.45. The molecule has 1 nitrogen and oxygen atoms in total. The minimum Gasteiger partial charge on any atom is -0.264 e. The van der Waals surface area contributed by atoms with Crippen LogP contribution >= 0.6 is 11.3 Å². The van der Waals surface area contributed by atoms with Crippen molar-refractivity contribution in [2.24, 2.45) is 0 Å². The summed E-state index contributed by atoms with van der Waals surface area (Å²) in [4.78, 5) is 5.63. The Morgan fingerprint density at radius 1 is 1.29 bits per heavy atom. The molecule has 2 aromatic heterocycles. The van der Waals surface area contributed by atoms with E-state index in [2.05, 4.69) is 36.3 Å². The van der Waals surface area contributed by atoms with Crippen molar-refractivity contribution in [2.75, 3.05) is 0 Å². The van der Waals surface area contributed by atoms with E-state index in [4.69, 9.17) is 0 Å². The first-order valence-corrected chi connectivity index (χ1v) is 5.58. The quantitative estimate of drug-likeness (QED) is 0.729. The van der Waals surface area contributed by atoms with E-state index in [1.165, 1.54) is 21.6 Å². The van der Waals surface area contributed by atoms with Gasteiger partial charge >= 0.3 is 0 Å². The second kappa shape index (κ2) is 3.93. The third-order valence-corrected chi connectivity index (χ3v) is 3.39. The molecule has 2 aromatic rings. The SMILES string of the molecule is Cc1cncc(Cc2cccs2)c1C. The Balaban J connectivity index is 2.29. The average Bonchev–Trinajstić information content (AvgIpc) is 2.66. The largest absolute Gasteiger partial charge is 0.264 e. The van der Waals surface area contributed by atoms with Crippen LogP contribution in [0.15, 0.2) is 29.9 Å². The van der Waals surface area contributed by atoms with Crippen molar-refractivity contribution in [3.8, 4) is 0 Å². The first-order chi connectivity index (χ1) is 6.77. The lowest BCUT2D eigenvalue weighted by molar-refractivity contribution is 1.10. The van der Waals surface area contributed by atoms with Crippen molar-refractivity contribution >= 4 is 11.3 Å². The normalized spacial score (nSPS) is 10.4. The highest BCUT2D eigenvalue weighted by Crippen LogP contribution is 2.18. The van der Waals surface area contributed by atoms with Gasteiger partial charge in [-0.25, -0.2) is 0 Å². The van der Waals surface area contributed by atoms with Crippen molar-refractivity contribution in [1.82, 2.24) is 4.98 Å². The number of aryl methyl sites for hydroxylation is 1. The van der Waals surface area contributed by atoms with Gasteiger partial charge in [0, 0.05) is 23.7 Å². The predicted molar refractivity (Wildman–Crippen MR) is 60.8 cm³/mol. The smallest absolute Gasteiger partial charge is 0.0306 e. The molecule has 0 spiro atoms. The molecule has 14 heavy (non-hydrogen) atoms. The van der Waals surface area contributed by atoms with Gasteiger partial charge in [-0.2, -0.15) is 0 Å². The van der Waals surface area contributed by atoms with Gasteiger partial charge in [0.25, 0.3) is 0 Å². The van der Waals surface area contributed by atoms with Crippen molar-refractivity contribution in [3.63, 3.8) is 0 Å². The van der Waals surface area contributed by atoms with E-state index >= 15 is 0 Å². The Labute approximate surface area is 88.4 Å². The minimum absolute atomic E-state index is 1.01. The first-order valence-electron chi connectivity index (χ1n) is 4.70. The van der Waals surface area contributed by atoms with E-state index in [1.807, 2.05) is 12.4 Å². The van der Waals surface area contributed by atoms with Gasteiger partial charge in [0.15, 0.2) is 0 Å². The van der Waals surface area contributed by atoms with Crippen LogP contribution in [0.25, 0.3) is 0 Å². The molecule has 0 saturated heterocycles. The molecule has 2 heteroatoms. The van der Waals surface area contributed by atoms with E-state index in [0.29, 0.717) is 0 Å². The molecule has 0 saturated carbocycles. The lowest BCUT2D eigenvalue weighted by atomic mass is 10.0. The molecule has 0 amide bonds. The maximum atomic E-state index is 4.23. The van der Waals surface area contributed by atoms with Crippen molar-refractivity contribution in [2.45, 2.75) is 20.3 Å². The fraction of sp³-hybridized carbons (Fsp3) is 0.250. The Kier molecular flexibility index (Phi) is 2.64. The third kappa shape index (κ3) is 1.85. The van der Waals surface area contributed by atoms with Gasteiger partial charge < -0.3 is 0 Å². The Morgan fingerprint density at radius 2 is 2.14 bits per heavy atom. The summed E-state index contributed by atoms with van der Waals surface area (Å²) in [5.41, 5.74) is 3.99. The van der Waals surface area contributed by atoms with Crippen LogP contribution in [-0.2, 0) is 6.42 Å². The summed E-state index contributed by atoms with van der Waals surface area (Å²) in [5.74, 6) is 0. The Morgan fingerprint density at radius 3 is 2.86 bits per heavy atom. The molecule has 0 bridgehead atoms. The molecule has 0 aliphatic carbocycles. The molecule has 0 unspecified atom stereocenters. The maximum Gasteiger partial charge on any atom is 0.0306 e. The summed E-state index contributed by atoms with van der Waals surface area (Å²) in [6.07, 6.45) is 4.91. The monoisotopic (exact) mass is 203 g/mol. The number of hydrogen-bond donors (Lipinski definition) is 0. The molecule has 0 atom stereocenters. The van der Waals surface area contributed by atoms with Crippen LogP contribution in [0, 0.1) is 13.8 Å². The van der Waals surface area contributed by atoms with Crippen LogP contribution in [0.3, 0.4) is 0 Å². The zero-order valence-corrected chi connectivity index (χ0v) is 9.27. The fourth-order valence-electron chi connectivity index (χ4n) is 1.47. The lowest BCUT2D eigenvalue weighted by Crippen LogP contribution is -1.93. The number of hydrogen-bond acceptors (Lipinski definition) is 2. The van der Waals surface area contributed by atoms with Crippen LogP contribution in [0.4, 0.5) is 0 Å². The molecule has 2 heterocycles. The van der Waals surface area contributed by atoms with E-state index in [9.17, 15) is 0 Å². The Bertz CT molecular complexity index is 418. The van der Waals surface area contributed by atoms with E-state index in [0.717, 1.165) is 6.42 Å². The summed E-state index contributed by atoms with van der Waals surface area (Å²) >= 11 is 1.80.